The van der Waals surface area contributed by atoms with Gasteiger partial charge in [0.1, 0.15) is 0 Å². The molecular weight excluding hydrogens is 286 g/mol. The van der Waals surface area contributed by atoms with Gasteiger partial charge in [0.15, 0.2) is 0 Å². The third kappa shape index (κ3) is 5.25. The second-order valence-electron chi connectivity index (χ2n) is 6.50. The first-order valence-corrected chi connectivity index (χ1v) is 7.63. The maximum absolute atomic E-state index is 11.9. The Kier molecular flexibility index (Phi) is 5.16. The van der Waals surface area contributed by atoms with Crippen molar-refractivity contribution < 1.29 is 4.79 Å². The van der Waals surface area contributed by atoms with Crippen LogP contribution >= 0.6 is 0 Å². The molecule has 4 nitrogen and oxygen atoms in total. The summed E-state index contributed by atoms with van der Waals surface area (Å²) in [5, 5.41) is 2.61. The summed E-state index contributed by atoms with van der Waals surface area (Å²) >= 11 is 0. The Morgan fingerprint density at radius 1 is 1.04 bits per heavy atom. The van der Waals surface area contributed by atoms with Crippen LogP contribution in [0.5, 0.6) is 0 Å². The molecule has 0 aliphatic carbocycles. The molecule has 0 fully saturated rings. The highest BCUT2D eigenvalue weighted by molar-refractivity contribution is 5.97. The smallest absolute Gasteiger partial charge is 0.231 e. The summed E-state index contributed by atoms with van der Waals surface area (Å²) in [6.45, 7) is 6.47. The Balaban J connectivity index is 1.98. The van der Waals surface area contributed by atoms with Gasteiger partial charge in [0.25, 0.3) is 0 Å². The topological polar surface area (TPSA) is 67.5 Å². The van der Waals surface area contributed by atoms with E-state index in [0.29, 0.717) is 0 Å². The van der Waals surface area contributed by atoms with E-state index in [1.165, 1.54) is 5.56 Å². The van der Waals surface area contributed by atoms with Crippen LogP contribution in [0.1, 0.15) is 31.9 Å². The van der Waals surface area contributed by atoms with Crippen LogP contribution in [0.25, 0.3) is 0 Å². The van der Waals surface area contributed by atoms with E-state index in [0.717, 1.165) is 11.3 Å². The molecule has 2 aromatic carbocycles. The van der Waals surface area contributed by atoms with Gasteiger partial charge in [-0.25, -0.2) is 4.99 Å². The lowest BCUT2D eigenvalue weighted by Crippen LogP contribution is -2.37. The van der Waals surface area contributed by atoms with Gasteiger partial charge in [-0.3, -0.25) is 10.1 Å². The average molecular weight is 309 g/mol. The summed E-state index contributed by atoms with van der Waals surface area (Å²) in [6, 6.07) is 17.4. The van der Waals surface area contributed by atoms with E-state index >= 15 is 0 Å². The molecule has 0 radical (unpaired) electrons. The molecule has 0 saturated carbocycles. The van der Waals surface area contributed by atoms with Gasteiger partial charge in [-0.2, -0.15) is 0 Å². The molecular formula is C19H23N3O. The van der Waals surface area contributed by atoms with Gasteiger partial charge in [0.05, 0.1) is 12.1 Å². The molecule has 0 atom stereocenters. The Bertz CT molecular complexity index is 683. The molecule has 0 aliphatic heterocycles. The van der Waals surface area contributed by atoms with Crippen molar-refractivity contribution in [2.75, 3.05) is 0 Å². The summed E-state index contributed by atoms with van der Waals surface area (Å²) in [7, 11) is 0. The van der Waals surface area contributed by atoms with E-state index in [4.69, 9.17) is 5.73 Å². The number of rotatable bonds is 3. The quantitative estimate of drug-likeness (QED) is 0.675. The SMILES string of the molecule is CC(C)(C)c1ccc(N=C(N)NC(=O)Cc2ccccc2)cc1. The third-order valence-corrected chi connectivity index (χ3v) is 3.46. The molecule has 120 valence electrons. The zero-order chi connectivity index (χ0) is 16.9. The van der Waals surface area contributed by atoms with Crippen LogP contribution in [-0.2, 0) is 16.6 Å². The third-order valence-electron chi connectivity index (χ3n) is 3.46. The van der Waals surface area contributed by atoms with Gasteiger partial charge in [-0.15, -0.1) is 0 Å². The molecule has 0 spiro atoms. The molecule has 2 aromatic rings. The lowest BCUT2D eigenvalue weighted by atomic mass is 9.87. The summed E-state index contributed by atoms with van der Waals surface area (Å²) in [5.41, 5.74) is 8.78. The normalized spacial score (nSPS) is 12.0. The predicted molar refractivity (Wildman–Crippen MR) is 94.7 cm³/mol. The molecule has 0 bridgehead atoms. The number of nitrogens with zero attached hydrogens (tertiary/aromatic N) is 1. The van der Waals surface area contributed by atoms with E-state index in [9.17, 15) is 4.79 Å². The van der Waals surface area contributed by atoms with Crippen molar-refractivity contribution in [3.63, 3.8) is 0 Å². The highest BCUT2D eigenvalue weighted by atomic mass is 16.1. The van der Waals surface area contributed by atoms with Gasteiger partial charge in [0.2, 0.25) is 11.9 Å². The second kappa shape index (κ2) is 7.09. The maximum atomic E-state index is 11.9. The van der Waals surface area contributed by atoms with Crippen LogP contribution in [0.4, 0.5) is 5.69 Å². The first kappa shape index (κ1) is 16.7. The molecule has 0 unspecified atom stereocenters. The number of benzene rings is 2. The monoisotopic (exact) mass is 309 g/mol. The highest BCUT2D eigenvalue weighted by Gasteiger charge is 2.12. The van der Waals surface area contributed by atoms with Crippen LogP contribution in [0.2, 0.25) is 0 Å². The summed E-state index contributed by atoms with van der Waals surface area (Å²) in [5.74, 6) is -0.0711. The number of aliphatic imine (C=N–C) groups is 1. The van der Waals surface area contributed by atoms with Gasteiger partial charge >= 0.3 is 0 Å². The lowest BCUT2D eigenvalue weighted by molar-refractivity contribution is -0.119. The van der Waals surface area contributed by atoms with Crippen molar-refractivity contribution in [3.05, 3.63) is 65.7 Å². The van der Waals surface area contributed by atoms with E-state index in [1.807, 2.05) is 54.6 Å². The van der Waals surface area contributed by atoms with Crippen LogP contribution in [0.15, 0.2) is 59.6 Å². The van der Waals surface area contributed by atoms with Crippen molar-refractivity contribution in [1.82, 2.24) is 5.32 Å². The maximum Gasteiger partial charge on any atom is 0.231 e. The molecule has 1 amide bonds. The molecule has 0 heterocycles. The van der Waals surface area contributed by atoms with Crippen LogP contribution < -0.4 is 11.1 Å². The van der Waals surface area contributed by atoms with E-state index in [-0.39, 0.29) is 23.7 Å². The zero-order valence-electron chi connectivity index (χ0n) is 13.8. The number of nitrogens with two attached hydrogens (primary N) is 1. The van der Waals surface area contributed by atoms with E-state index in [1.54, 1.807) is 0 Å². The molecule has 2 rings (SSSR count). The Morgan fingerprint density at radius 2 is 1.65 bits per heavy atom. The second-order valence-corrected chi connectivity index (χ2v) is 6.50. The number of hydrogen-bond donors (Lipinski definition) is 2. The molecule has 23 heavy (non-hydrogen) atoms. The minimum absolute atomic E-state index is 0.0949. The lowest BCUT2D eigenvalue weighted by Gasteiger charge is -2.18. The fraction of sp³-hybridized carbons (Fsp3) is 0.263. The van der Waals surface area contributed by atoms with Crippen molar-refractivity contribution in [3.8, 4) is 0 Å². The minimum atomic E-state index is -0.177. The summed E-state index contributed by atoms with van der Waals surface area (Å²) < 4.78 is 0. The van der Waals surface area contributed by atoms with Crippen LogP contribution in [-0.4, -0.2) is 11.9 Å². The van der Waals surface area contributed by atoms with Crippen molar-refractivity contribution in [2.45, 2.75) is 32.6 Å². The van der Waals surface area contributed by atoms with Crippen molar-refractivity contribution in [1.29, 1.82) is 0 Å². The number of guanidine groups is 1. The fourth-order valence-electron chi connectivity index (χ4n) is 2.17. The van der Waals surface area contributed by atoms with Gasteiger partial charge in [0, 0.05) is 0 Å². The van der Waals surface area contributed by atoms with Crippen LogP contribution in [0.3, 0.4) is 0 Å². The van der Waals surface area contributed by atoms with Gasteiger partial charge in [-0.1, -0.05) is 63.2 Å². The highest BCUT2D eigenvalue weighted by Crippen LogP contribution is 2.24. The number of carbonyl (C=O) groups excluding carboxylic acids is 1. The number of carbonyl (C=O) groups is 1. The van der Waals surface area contributed by atoms with Crippen LogP contribution in [0, 0.1) is 0 Å². The van der Waals surface area contributed by atoms with Gasteiger partial charge < -0.3 is 5.73 Å². The molecule has 0 aromatic heterocycles. The molecule has 0 saturated heterocycles. The standard InChI is InChI=1S/C19H23N3O/c1-19(2,3)15-9-11-16(12-10-15)21-18(20)22-17(23)13-14-7-5-4-6-8-14/h4-12H,13H2,1-3H3,(H3,20,21,22,23). The summed E-state index contributed by atoms with van der Waals surface area (Å²) in [6.07, 6.45) is 0.278. The summed E-state index contributed by atoms with van der Waals surface area (Å²) in [4.78, 5) is 16.2. The Morgan fingerprint density at radius 3 is 2.22 bits per heavy atom. The van der Waals surface area contributed by atoms with Gasteiger partial charge in [-0.05, 0) is 28.7 Å². The number of nitrogens with one attached hydrogen (secondary N) is 1. The fourth-order valence-corrected chi connectivity index (χ4v) is 2.17. The predicted octanol–water partition coefficient (Wildman–Crippen LogP) is 3.29. The Labute approximate surface area is 137 Å². The van der Waals surface area contributed by atoms with Crippen molar-refractivity contribution >= 4 is 17.6 Å². The van der Waals surface area contributed by atoms with Crippen molar-refractivity contribution in [2.24, 2.45) is 10.7 Å². The van der Waals surface area contributed by atoms with E-state index < -0.39 is 0 Å². The largest absolute Gasteiger partial charge is 0.369 e. The minimum Gasteiger partial charge on any atom is -0.369 e. The number of hydrogen-bond acceptors (Lipinski definition) is 2. The average Bonchev–Trinajstić information content (AvgIpc) is 2.47. The first-order valence-electron chi connectivity index (χ1n) is 7.63. The first-order chi connectivity index (χ1) is 10.8. The number of amides is 1. The molecule has 4 heteroatoms. The van der Waals surface area contributed by atoms with E-state index in [2.05, 4.69) is 31.1 Å². The Hall–Kier alpha value is -2.62. The zero-order valence-corrected chi connectivity index (χ0v) is 13.8. The molecule has 3 N–H and O–H groups in total. The molecule has 0 aliphatic rings.